The van der Waals surface area contributed by atoms with E-state index in [2.05, 4.69) is 18.5 Å². The first kappa shape index (κ1) is 17.7. The molecule has 0 rings (SSSR count). The molecule has 0 saturated carbocycles. The Labute approximate surface area is 101 Å². The molecule has 0 spiro atoms. The standard InChI is InChI=1S/C7H13NO4S.C3H3N/c1-4-6(9)8-7(2,3)5-13(10,11)12;1-2-3-4/h4H,1,5H2,2-3H3,(H,8,9)(H,10,11,12);2H,1H2. The van der Waals surface area contributed by atoms with Gasteiger partial charge in [0, 0.05) is 6.08 Å². The zero-order chi connectivity index (χ0) is 14.1. The molecule has 2 N–H and O–H groups in total. The summed E-state index contributed by atoms with van der Waals surface area (Å²) in [5.74, 6) is -1.01. The van der Waals surface area contributed by atoms with E-state index in [0.29, 0.717) is 0 Å². The Morgan fingerprint density at radius 1 is 1.53 bits per heavy atom. The van der Waals surface area contributed by atoms with Gasteiger partial charge >= 0.3 is 0 Å². The van der Waals surface area contributed by atoms with Crippen LogP contribution < -0.4 is 5.32 Å². The molecule has 1 amide bonds. The highest BCUT2D eigenvalue weighted by atomic mass is 32.2. The molecule has 0 bridgehead atoms. The number of nitrogens with zero attached hydrogens (tertiary/aromatic N) is 1. The summed E-state index contributed by atoms with van der Waals surface area (Å²) >= 11 is 0. The Kier molecular flexibility index (Phi) is 7.92. The second-order valence-electron chi connectivity index (χ2n) is 3.64. The van der Waals surface area contributed by atoms with Crippen LogP contribution in [0.25, 0.3) is 0 Å². The van der Waals surface area contributed by atoms with Gasteiger partial charge in [0.05, 0.1) is 17.4 Å². The van der Waals surface area contributed by atoms with Gasteiger partial charge in [0.2, 0.25) is 5.91 Å². The molecule has 0 aromatic rings. The first-order chi connectivity index (χ1) is 7.58. The first-order valence-corrected chi connectivity index (χ1v) is 6.09. The van der Waals surface area contributed by atoms with Crippen LogP contribution in [0.15, 0.2) is 25.3 Å². The predicted octanol–water partition coefficient (Wildman–Crippen LogP) is 0.651. The van der Waals surface area contributed by atoms with E-state index in [0.717, 1.165) is 6.08 Å². The molecular weight excluding hydrogens is 244 g/mol. The summed E-state index contributed by atoms with van der Waals surface area (Å²) in [5, 5.41) is 9.87. The highest BCUT2D eigenvalue weighted by molar-refractivity contribution is 7.85. The van der Waals surface area contributed by atoms with Crippen molar-refractivity contribution >= 4 is 16.0 Å². The van der Waals surface area contributed by atoms with Crippen LogP contribution in [0.4, 0.5) is 0 Å². The Morgan fingerprint density at radius 2 is 1.94 bits per heavy atom. The smallest absolute Gasteiger partial charge is 0.267 e. The molecule has 0 aliphatic heterocycles. The lowest BCUT2D eigenvalue weighted by atomic mass is 10.1. The molecule has 7 heteroatoms. The summed E-state index contributed by atoms with van der Waals surface area (Å²) in [6.07, 6.45) is 2.21. The molecule has 0 heterocycles. The number of nitriles is 1. The largest absolute Gasteiger partial charge is 0.347 e. The number of allylic oxidation sites excluding steroid dienone is 1. The summed E-state index contributed by atoms with van der Waals surface area (Å²) < 4.78 is 29.5. The molecule has 0 atom stereocenters. The van der Waals surface area contributed by atoms with Gasteiger partial charge in [0.15, 0.2) is 0 Å². The number of hydrogen-bond acceptors (Lipinski definition) is 4. The van der Waals surface area contributed by atoms with Gasteiger partial charge in [-0.25, -0.2) is 0 Å². The second-order valence-corrected chi connectivity index (χ2v) is 5.09. The molecule has 0 aromatic carbocycles. The number of carbonyl (C=O) groups is 1. The highest BCUT2D eigenvalue weighted by Crippen LogP contribution is 2.05. The molecule has 0 fully saturated rings. The fourth-order valence-corrected chi connectivity index (χ4v) is 1.86. The van der Waals surface area contributed by atoms with Crippen LogP contribution in [0.5, 0.6) is 0 Å². The van der Waals surface area contributed by atoms with Crippen molar-refractivity contribution in [2.75, 3.05) is 5.75 Å². The topological polar surface area (TPSA) is 107 Å². The minimum Gasteiger partial charge on any atom is -0.347 e. The third-order valence-corrected chi connectivity index (χ3v) is 2.37. The van der Waals surface area contributed by atoms with Crippen molar-refractivity contribution in [3.05, 3.63) is 25.3 Å². The van der Waals surface area contributed by atoms with Crippen LogP contribution in [-0.4, -0.2) is 30.2 Å². The monoisotopic (exact) mass is 260 g/mol. The lowest BCUT2D eigenvalue weighted by molar-refractivity contribution is -0.117. The SMILES string of the molecule is C=CC#N.C=CC(=O)NC(C)(C)CS(=O)(=O)O. The number of rotatable bonds is 4. The highest BCUT2D eigenvalue weighted by Gasteiger charge is 2.25. The van der Waals surface area contributed by atoms with Crippen molar-refractivity contribution in [1.82, 2.24) is 5.32 Å². The minimum absolute atomic E-state index is 0.478. The molecule has 0 saturated heterocycles. The van der Waals surface area contributed by atoms with Crippen LogP contribution in [-0.2, 0) is 14.9 Å². The second kappa shape index (κ2) is 7.60. The van der Waals surface area contributed by atoms with Crippen molar-refractivity contribution in [1.29, 1.82) is 5.26 Å². The average molecular weight is 260 g/mol. The van der Waals surface area contributed by atoms with E-state index >= 15 is 0 Å². The van der Waals surface area contributed by atoms with E-state index in [4.69, 9.17) is 9.81 Å². The van der Waals surface area contributed by atoms with Gasteiger partial charge in [0.25, 0.3) is 10.1 Å². The van der Waals surface area contributed by atoms with Crippen LogP contribution >= 0.6 is 0 Å². The van der Waals surface area contributed by atoms with Gasteiger partial charge in [-0.15, -0.1) is 0 Å². The molecule has 0 aliphatic carbocycles. The van der Waals surface area contributed by atoms with Gasteiger partial charge in [-0.2, -0.15) is 13.7 Å². The van der Waals surface area contributed by atoms with Gasteiger partial charge in [0.1, 0.15) is 0 Å². The van der Waals surface area contributed by atoms with E-state index in [1.54, 1.807) is 6.07 Å². The maximum atomic E-state index is 10.8. The van der Waals surface area contributed by atoms with E-state index < -0.39 is 27.3 Å². The maximum absolute atomic E-state index is 10.8. The van der Waals surface area contributed by atoms with Crippen molar-refractivity contribution in [3.8, 4) is 6.07 Å². The van der Waals surface area contributed by atoms with Gasteiger partial charge in [-0.3, -0.25) is 9.35 Å². The zero-order valence-electron chi connectivity index (χ0n) is 9.80. The molecule has 0 unspecified atom stereocenters. The van der Waals surface area contributed by atoms with E-state index in [1.807, 2.05) is 0 Å². The molecular formula is C10H16N2O4S. The third-order valence-electron chi connectivity index (χ3n) is 1.28. The van der Waals surface area contributed by atoms with Crippen molar-refractivity contribution < 1.29 is 17.8 Å². The van der Waals surface area contributed by atoms with Crippen molar-refractivity contribution in [2.45, 2.75) is 19.4 Å². The molecule has 0 aromatic heterocycles. The molecule has 6 nitrogen and oxygen atoms in total. The Balaban J connectivity index is 0. The lowest BCUT2D eigenvalue weighted by Gasteiger charge is -2.23. The number of amides is 1. The summed E-state index contributed by atoms with van der Waals surface area (Å²) in [6, 6.07) is 1.69. The minimum atomic E-state index is -4.08. The number of carbonyl (C=O) groups excluding carboxylic acids is 1. The molecule has 0 aliphatic rings. The van der Waals surface area contributed by atoms with Crippen molar-refractivity contribution in [3.63, 3.8) is 0 Å². The molecule has 96 valence electrons. The van der Waals surface area contributed by atoms with Gasteiger partial charge in [-0.05, 0) is 19.9 Å². The van der Waals surface area contributed by atoms with Crippen molar-refractivity contribution in [2.24, 2.45) is 0 Å². The summed E-state index contributed by atoms with van der Waals surface area (Å²) in [4.78, 5) is 10.8. The van der Waals surface area contributed by atoms with Crippen LogP contribution in [0.3, 0.4) is 0 Å². The quantitative estimate of drug-likeness (QED) is 0.438. The van der Waals surface area contributed by atoms with E-state index in [1.165, 1.54) is 19.9 Å². The lowest BCUT2D eigenvalue weighted by Crippen LogP contribution is -2.47. The maximum Gasteiger partial charge on any atom is 0.267 e. The summed E-state index contributed by atoms with van der Waals surface area (Å²) in [6.45, 7) is 9.31. The van der Waals surface area contributed by atoms with E-state index in [-0.39, 0.29) is 0 Å². The Morgan fingerprint density at radius 3 is 2.18 bits per heavy atom. The third kappa shape index (κ3) is 14.4. The van der Waals surface area contributed by atoms with Gasteiger partial charge in [-0.1, -0.05) is 13.2 Å². The summed E-state index contributed by atoms with van der Waals surface area (Å²) in [5.41, 5.74) is -1.00. The number of nitrogens with one attached hydrogen (secondary N) is 1. The molecule has 17 heavy (non-hydrogen) atoms. The fraction of sp³-hybridized carbons (Fsp3) is 0.400. The zero-order valence-corrected chi connectivity index (χ0v) is 10.6. The predicted molar refractivity (Wildman–Crippen MR) is 64.6 cm³/mol. The van der Waals surface area contributed by atoms with Crippen LogP contribution in [0.2, 0.25) is 0 Å². The van der Waals surface area contributed by atoms with Gasteiger partial charge < -0.3 is 5.32 Å². The Bertz CT molecular complexity index is 418. The van der Waals surface area contributed by atoms with Crippen LogP contribution in [0, 0.1) is 11.3 Å². The first-order valence-electron chi connectivity index (χ1n) is 4.48. The summed E-state index contributed by atoms with van der Waals surface area (Å²) in [7, 11) is -4.08. The average Bonchev–Trinajstić information content (AvgIpc) is 2.13. The van der Waals surface area contributed by atoms with E-state index in [9.17, 15) is 13.2 Å². The molecule has 0 radical (unpaired) electrons. The number of hydrogen-bond donors (Lipinski definition) is 2. The fourth-order valence-electron chi connectivity index (χ4n) is 0.877. The van der Waals surface area contributed by atoms with Crippen LogP contribution in [0.1, 0.15) is 13.8 Å². The Hall–Kier alpha value is -1.65. The normalized spacial score (nSPS) is 10.2.